The van der Waals surface area contributed by atoms with Gasteiger partial charge in [-0.1, -0.05) is 12.8 Å². The summed E-state index contributed by atoms with van der Waals surface area (Å²) in [4.78, 5) is 11.4. The van der Waals surface area contributed by atoms with Crippen LogP contribution in [0.15, 0.2) is 0 Å². The van der Waals surface area contributed by atoms with Gasteiger partial charge in [-0.15, -0.1) is 0 Å². The normalized spacial score (nSPS) is 26.3. The molecule has 86 valence electrons. The minimum atomic E-state index is 0.0523. The molecule has 1 aliphatic carbocycles. The Morgan fingerprint density at radius 1 is 1.33 bits per heavy atom. The first-order valence-corrected chi connectivity index (χ1v) is 5.99. The summed E-state index contributed by atoms with van der Waals surface area (Å²) < 4.78 is 5.65. The van der Waals surface area contributed by atoms with Gasteiger partial charge in [0.15, 0.2) is 0 Å². The van der Waals surface area contributed by atoms with E-state index in [4.69, 9.17) is 4.74 Å². The summed E-state index contributed by atoms with van der Waals surface area (Å²) in [6.45, 7) is 2.27. The molecule has 4 heteroatoms. The molecule has 0 spiro atoms. The highest BCUT2D eigenvalue weighted by atomic mass is 16.5. The van der Waals surface area contributed by atoms with E-state index >= 15 is 0 Å². The molecule has 0 aromatic heterocycles. The Morgan fingerprint density at radius 2 is 2.07 bits per heavy atom. The van der Waals surface area contributed by atoms with Gasteiger partial charge >= 0.3 is 0 Å². The number of amides is 1. The van der Waals surface area contributed by atoms with Crippen LogP contribution in [0.1, 0.15) is 32.1 Å². The second-order valence-electron chi connectivity index (χ2n) is 4.36. The van der Waals surface area contributed by atoms with Gasteiger partial charge in [0.25, 0.3) is 0 Å². The van der Waals surface area contributed by atoms with E-state index in [1.165, 1.54) is 25.7 Å². The molecule has 15 heavy (non-hydrogen) atoms. The van der Waals surface area contributed by atoms with Crippen molar-refractivity contribution >= 4 is 5.91 Å². The topological polar surface area (TPSA) is 50.4 Å². The minimum Gasteiger partial charge on any atom is -0.376 e. The van der Waals surface area contributed by atoms with Crippen LogP contribution in [0.2, 0.25) is 0 Å². The molecule has 1 heterocycles. The molecular weight excluding hydrogens is 192 g/mol. The number of nitrogens with one attached hydrogen (secondary N) is 2. The van der Waals surface area contributed by atoms with Crippen molar-refractivity contribution in [3.63, 3.8) is 0 Å². The van der Waals surface area contributed by atoms with Gasteiger partial charge in [-0.3, -0.25) is 4.79 Å². The number of hydrogen-bond acceptors (Lipinski definition) is 3. The van der Waals surface area contributed by atoms with E-state index in [-0.39, 0.29) is 11.9 Å². The average molecular weight is 212 g/mol. The molecule has 1 atom stereocenters. The number of hydrogen-bond donors (Lipinski definition) is 2. The van der Waals surface area contributed by atoms with Crippen LogP contribution in [0, 0.1) is 0 Å². The van der Waals surface area contributed by atoms with Gasteiger partial charge in [-0.05, 0) is 25.8 Å². The van der Waals surface area contributed by atoms with E-state index in [9.17, 15) is 4.79 Å². The lowest BCUT2D eigenvalue weighted by Crippen LogP contribution is -2.53. The minimum absolute atomic E-state index is 0.0523. The lowest BCUT2D eigenvalue weighted by molar-refractivity contribution is -0.125. The predicted octanol–water partition coefficient (Wildman–Crippen LogP) is 0.424. The van der Waals surface area contributed by atoms with Crippen molar-refractivity contribution in [1.82, 2.24) is 10.6 Å². The molecule has 4 nitrogen and oxygen atoms in total. The van der Waals surface area contributed by atoms with Gasteiger partial charge in [-0.25, -0.2) is 0 Å². The quantitative estimate of drug-likeness (QED) is 0.650. The molecule has 1 aliphatic heterocycles. The summed E-state index contributed by atoms with van der Waals surface area (Å²) in [5.41, 5.74) is 0. The lowest BCUT2D eigenvalue weighted by atomic mass is 10.1. The van der Waals surface area contributed by atoms with Gasteiger partial charge in [0.1, 0.15) is 0 Å². The molecule has 0 aromatic rings. The maximum absolute atomic E-state index is 11.4. The van der Waals surface area contributed by atoms with E-state index in [0.29, 0.717) is 19.3 Å². The summed E-state index contributed by atoms with van der Waals surface area (Å²) in [7, 11) is 0. The van der Waals surface area contributed by atoms with Gasteiger partial charge in [-0.2, -0.15) is 0 Å². The fourth-order valence-corrected chi connectivity index (χ4v) is 2.09. The Kier molecular flexibility index (Phi) is 3.97. The van der Waals surface area contributed by atoms with Crippen molar-refractivity contribution in [3.8, 4) is 0 Å². The first-order chi connectivity index (χ1) is 7.36. The molecule has 2 aliphatic rings. The van der Waals surface area contributed by atoms with Crippen LogP contribution in [-0.4, -0.2) is 37.7 Å². The van der Waals surface area contributed by atoms with Crippen molar-refractivity contribution in [2.75, 3.05) is 19.7 Å². The first kappa shape index (κ1) is 10.9. The average Bonchev–Trinajstić information content (AvgIpc) is 2.62. The number of carbonyl (C=O) groups excluding carboxylic acids is 1. The summed E-state index contributed by atoms with van der Waals surface area (Å²) >= 11 is 0. The summed E-state index contributed by atoms with van der Waals surface area (Å²) in [6, 6.07) is 0.0523. The Bertz CT molecular complexity index is 211. The van der Waals surface area contributed by atoms with Crippen molar-refractivity contribution in [2.45, 2.75) is 44.2 Å². The maximum Gasteiger partial charge on any atom is 0.237 e. The monoisotopic (exact) mass is 212 g/mol. The van der Waals surface area contributed by atoms with Crippen LogP contribution in [-0.2, 0) is 9.53 Å². The predicted molar refractivity (Wildman–Crippen MR) is 57.6 cm³/mol. The van der Waals surface area contributed by atoms with Crippen LogP contribution in [0.4, 0.5) is 0 Å². The van der Waals surface area contributed by atoms with Crippen LogP contribution in [0.3, 0.4) is 0 Å². The third-order valence-electron chi connectivity index (χ3n) is 3.20. The summed E-state index contributed by atoms with van der Waals surface area (Å²) in [5.74, 6) is 0.122. The summed E-state index contributed by atoms with van der Waals surface area (Å²) in [6.07, 6.45) is 6.39. The van der Waals surface area contributed by atoms with E-state index in [1.807, 2.05) is 0 Å². The molecule has 0 unspecified atom stereocenters. The zero-order chi connectivity index (χ0) is 10.5. The SMILES string of the molecule is O=C(NCCOC1CCCC1)[C@H]1CCN1. The zero-order valence-electron chi connectivity index (χ0n) is 9.13. The van der Waals surface area contributed by atoms with Gasteiger partial charge < -0.3 is 15.4 Å². The van der Waals surface area contributed by atoms with E-state index in [2.05, 4.69) is 10.6 Å². The molecule has 0 bridgehead atoms. The third kappa shape index (κ3) is 3.18. The number of ether oxygens (including phenoxy) is 1. The molecular formula is C11H20N2O2. The zero-order valence-corrected chi connectivity index (χ0v) is 9.13. The van der Waals surface area contributed by atoms with Crippen LogP contribution >= 0.6 is 0 Å². The number of rotatable bonds is 5. The Balaban J connectivity index is 1.48. The highest BCUT2D eigenvalue weighted by Gasteiger charge is 2.23. The molecule has 0 radical (unpaired) electrons. The molecule has 1 saturated heterocycles. The molecule has 2 fully saturated rings. The van der Waals surface area contributed by atoms with Gasteiger partial charge in [0, 0.05) is 6.54 Å². The van der Waals surface area contributed by atoms with Crippen LogP contribution in [0.5, 0.6) is 0 Å². The molecule has 1 amide bonds. The number of carbonyl (C=O) groups is 1. The van der Waals surface area contributed by atoms with E-state index < -0.39 is 0 Å². The fourth-order valence-electron chi connectivity index (χ4n) is 2.09. The molecule has 1 saturated carbocycles. The van der Waals surface area contributed by atoms with Crippen molar-refractivity contribution in [3.05, 3.63) is 0 Å². The van der Waals surface area contributed by atoms with Gasteiger partial charge in [0.2, 0.25) is 5.91 Å². The fraction of sp³-hybridized carbons (Fsp3) is 0.909. The first-order valence-electron chi connectivity index (χ1n) is 5.99. The second-order valence-corrected chi connectivity index (χ2v) is 4.36. The van der Waals surface area contributed by atoms with E-state index in [0.717, 1.165) is 13.0 Å². The molecule has 0 aromatic carbocycles. The van der Waals surface area contributed by atoms with Gasteiger partial charge in [0.05, 0.1) is 18.8 Å². The lowest BCUT2D eigenvalue weighted by Gasteiger charge is -2.26. The second kappa shape index (κ2) is 5.47. The highest BCUT2D eigenvalue weighted by Crippen LogP contribution is 2.20. The molecule has 2 N–H and O–H groups in total. The van der Waals surface area contributed by atoms with E-state index in [1.54, 1.807) is 0 Å². The maximum atomic E-state index is 11.4. The molecule has 2 rings (SSSR count). The van der Waals surface area contributed by atoms with Crippen molar-refractivity contribution < 1.29 is 9.53 Å². The van der Waals surface area contributed by atoms with Crippen LogP contribution < -0.4 is 10.6 Å². The third-order valence-corrected chi connectivity index (χ3v) is 3.20. The standard InChI is InChI=1S/C11H20N2O2/c14-11(10-5-6-12-10)13-7-8-15-9-3-1-2-4-9/h9-10,12H,1-8H2,(H,13,14)/t10-/m1/s1. The Labute approximate surface area is 90.8 Å². The largest absolute Gasteiger partial charge is 0.376 e. The van der Waals surface area contributed by atoms with Crippen molar-refractivity contribution in [1.29, 1.82) is 0 Å². The van der Waals surface area contributed by atoms with Crippen LogP contribution in [0.25, 0.3) is 0 Å². The Hall–Kier alpha value is -0.610. The smallest absolute Gasteiger partial charge is 0.237 e. The summed E-state index contributed by atoms with van der Waals surface area (Å²) in [5, 5.41) is 5.96. The van der Waals surface area contributed by atoms with Crippen molar-refractivity contribution in [2.24, 2.45) is 0 Å². The Morgan fingerprint density at radius 3 is 2.67 bits per heavy atom. The highest BCUT2D eigenvalue weighted by molar-refractivity contribution is 5.82.